The van der Waals surface area contributed by atoms with Crippen LogP contribution in [0.3, 0.4) is 0 Å². The molecule has 0 aromatic rings. The third-order valence-corrected chi connectivity index (χ3v) is 7.40. The summed E-state index contributed by atoms with van der Waals surface area (Å²) in [4.78, 5) is 77.1. The standard InChI is InChI=1S/C14H20O6.C10H14O5.C7H13NO4S.C2H4O3S/c1-9(2)13(17)19-7-8-20-14(18)11-6-4-3-5-10(11)12(15)16;1-7(2)10(13)15-5-4-14-9(12)6-8(3)11;1-5(2)7(9)8-6(3)4-13(10,11)12;1-2-6(3,4)5/h10-11H,1,3-8H2,2H3,(H,15,16);1,4-6H2,2-3H3;6H,1,4H2,2-3H3,(H,8,9)(H,10,11,12);2H,1H2,(H,3,4,5). The van der Waals surface area contributed by atoms with Crippen molar-refractivity contribution in [1.82, 2.24) is 5.32 Å². The molecule has 0 bridgehead atoms. The van der Waals surface area contributed by atoms with Crippen molar-refractivity contribution in [2.24, 2.45) is 11.8 Å². The average molecular weight is 814 g/mol. The van der Waals surface area contributed by atoms with Gasteiger partial charge in [-0.1, -0.05) is 39.2 Å². The quantitative estimate of drug-likeness (QED) is 0.0408. The maximum Gasteiger partial charge on any atom is 0.333 e. The van der Waals surface area contributed by atoms with Crippen molar-refractivity contribution in [3.8, 4) is 0 Å². The number of aliphatic carboxylic acids is 1. The molecule has 21 heteroatoms. The van der Waals surface area contributed by atoms with Crippen LogP contribution in [-0.2, 0) is 72.7 Å². The zero-order valence-corrected chi connectivity index (χ0v) is 32.6. The first kappa shape index (κ1) is 53.6. The molecule has 1 rings (SSSR count). The molecule has 1 amide bonds. The van der Waals surface area contributed by atoms with Crippen LogP contribution in [0, 0.1) is 11.8 Å². The van der Waals surface area contributed by atoms with Crippen LogP contribution in [0.25, 0.3) is 0 Å². The Labute approximate surface area is 315 Å². The number of Topliss-reactive ketones (excluding diaryl/α,β-unsaturated/α-hetero) is 1. The predicted molar refractivity (Wildman–Crippen MR) is 192 cm³/mol. The van der Waals surface area contributed by atoms with Gasteiger partial charge >= 0.3 is 29.8 Å². The first-order chi connectivity index (χ1) is 24.6. The first-order valence-corrected chi connectivity index (χ1v) is 19.0. The Hall–Kier alpha value is -4.73. The van der Waals surface area contributed by atoms with Gasteiger partial charge in [-0.25, -0.2) is 9.59 Å². The fourth-order valence-electron chi connectivity index (χ4n) is 3.59. The van der Waals surface area contributed by atoms with Crippen LogP contribution in [0.2, 0.25) is 0 Å². The van der Waals surface area contributed by atoms with Crippen LogP contribution in [0.15, 0.2) is 48.4 Å². The van der Waals surface area contributed by atoms with E-state index >= 15 is 0 Å². The van der Waals surface area contributed by atoms with Gasteiger partial charge in [0, 0.05) is 22.8 Å². The molecular formula is C33H51NO18S2. The van der Waals surface area contributed by atoms with Crippen molar-refractivity contribution in [2.45, 2.75) is 72.8 Å². The number of esters is 4. The number of carbonyl (C=O) groups excluding carboxylic acids is 6. The molecule has 308 valence electrons. The van der Waals surface area contributed by atoms with Crippen LogP contribution in [-0.4, -0.2) is 111 Å². The molecule has 3 atom stereocenters. The summed E-state index contributed by atoms with van der Waals surface area (Å²) < 4.78 is 74.8. The number of ketones is 1. The highest BCUT2D eigenvalue weighted by atomic mass is 32.2. The first-order valence-electron chi connectivity index (χ1n) is 15.9. The maximum absolute atomic E-state index is 11.8. The minimum Gasteiger partial charge on any atom is -0.481 e. The number of rotatable bonds is 17. The summed E-state index contributed by atoms with van der Waals surface area (Å²) in [5.41, 5.74) is 0.849. The molecule has 0 aromatic carbocycles. The molecule has 3 unspecified atom stereocenters. The van der Waals surface area contributed by atoms with Gasteiger partial charge in [-0.05, 0) is 47.5 Å². The smallest absolute Gasteiger partial charge is 0.333 e. The number of amides is 1. The Bertz CT molecular complexity index is 1570. The van der Waals surface area contributed by atoms with Crippen molar-refractivity contribution in [1.29, 1.82) is 0 Å². The Morgan fingerprint density at radius 3 is 1.50 bits per heavy atom. The SMILES string of the molecule is C=C(C)C(=O)NC(C)CS(=O)(=O)O.C=C(C)C(=O)OCCOC(=O)C1CCCCC1C(=O)O.C=C(C)C(=O)OCCOC(=O)CC(C)=O.C=CS(=O)(=O)O. The number of hydrogen-bond acceptors (Lipinski definition) is 15. The third-order valence-electron chi connectivity index (χ3n) is 6.05. The van der Waals surface area contributed by atoms with E-state index in [0.29, 0.717) is 23.8 Å². The van der Waals surface area contributed by atoms with Gasteiger partial charge in [0.2, 0.25) is 5.91 Å². The summed E-state index contributed by atoms with van der Waals surface area (Å²) in [5, 5.41) is 11.9. The molecule has 1 aliphatic rings. The van der Waals surface area contributed by atoms with Gasteiger partial charge in [-0.3, -0.25) is 33.1 Å². The molecule has 0 aliphatic heterocycles. The maximum atomic E-state index is 11.8. The van der Waals surface area contributed by atoms with Gasteiger partial charge < -0.3 is 29.4 Å². The molecule has 4 N–H and O–H groups in total. The Kier molecular flexibility index (Phi) is 27.6. The fourth-order valence-corrected chi connectivity index (χ4v) is 4.30. The van der Waals surface area contributed by atoms with Gasteiger partial charge in [0.1, 0.15) is 38.6 Å². The Balaban J connectivity index is -0.000000685. The zero-order valence-electron chi connectivity index (χ0n) is 31.0. The fraction of sp³-hybridized carbons (Fsp3) is 0.545. The van der Waals surface area contributed by atoms with E-state index in [1.807, 2.05) is 0 Å². The zero-order chi connectivity index (χ0) is 42.8. The summed E-state index contributed by atoms with van der Waals surface area (Å²) in [6.07, 6.45) is 2.42. The summed E-state index contributed by atoms with van der Waals surface area (Å²) in [6, 6.07) is -0.626. The highest BCUT2D eigenvalue weighted by Crippen LogP contribution is 2.31. The number of ether oxygens (including phenoxy) is 4. The molecule has 0 heterocycles. The van der Waals surface area contributed by atoms with E-state index < -0.39 is 79.6 Å². The molecule has 1 saturated carbocycles. The molecule has 1 aliphatic carbocycles. The monoisotopic (exact) mass is 813 g/mol. The predicted octanol–water partition coefficient (Wildman–Crippen LogP) is 2.14. The van der Waals surface area contributed by atoms with E-state index in [1.54, 1.807) is 0 Å². The number of carboxylic acids is 1. The van der Waals surface area contributed by atoms with Gasteiger partial charge in [0.15, 0.2) is 0 Å². The molecule has 54 heavy (non-hydrogen) atoms. The van der Waals surface area contributed by atoms with Crippen molar-refractivity contribution >= 4 is 61.8 Å². The lowest BCUT2D eigenvalue weighted by molar-refractivity contribution is -0.161. The molecule has 0 spiro atoms. The number of carbonyl (C=O) groups is 7. The summed E-state index contributed by atoms with van der Waals surface area (Å²) in [5.74, 6) is -5.62. The molecule has 0 radical (unpaired) electrons. The van der Waals surface area contributed by atoms with Gasteiger partial charge in [0.05, 0.1) is 23.0 Å². The number of nitrogens with one attached hydrogen (secondary N) is 1. The summed E-state index contributed by atoms with van der Waals surface area (Å²) >= 11 is 0. The van der Waals surface area contributed by atoms with E-state index in [1.165, 1.54) is 34.6 Å². The minimum atomic E-state index is -4.04. The molecule has 0 saturated heterocycles. The van der Waals surface area contributed by atoms with Crippen LogP contribution in [0.1, 0.15) is 66.7 Å². The second kappa shape index (κ2) is 27.8. The third kappa shape index (κ3) is 32.0. The number of hydrogen-bond donors (Lipinski definition) is 4. The van der Waals surface area contributed by atoms with Crippen LogP contribution >= 0.6 is 0 Å². The van der Waals surface area contributed by atoms with E-state index in [2.05, 4.69) is 41.1 Å². The normalized spacial score (nSPS) is 15.1. The summed E-state index contributed by atoms with van der Waals surface area (Å²) in [7, 11) is -7.94. The van der Waals surface area contributed by atoms with E-state index in [0.717, 1.165) is 12.8 Å². The second-order valence-corrected chi connectivity index (χ2v) is 14.4. The van der Waals surface area contributed by atoms with E-state index in [4.69, 9.17) is 23.7 Å². The van der Waals surface area contributed by atoms with E-state index in [9.17, 15) is 50.4 Å². The molecule has 1 fully saturated rings. The van der Waals surface area contributed by atoms with Gasteiger partial charge in [-0.2, -0.15) is 16.8 Å². The lowest BCUT2D eigenvalue weighted by Crippen LogP contribution is -2.37. The molecule has 19 nitrogen and oxygen atoms in total. The highest BCUT2D eigenvalue weighted by molar-refractivity contribution is 7.88. The Morgan fingerprint density at radius 1 is 0.741 bits per heavy atom. The van der Waals surface area contributed by atoms with E-state index in [-0.39, 0.29) is 49.8 Å². The number of carboxylic acid groups (broad SMARTS) is 1. The lowest BCUT2D eigenvalue weighted by atomic mass is 9.79. The van der Waals surface area contributed by atoms with Crippen LogP contribution in [0.4, 0.5) is 0 Å². The van der Waals surface area contributed by atoms with Crippen LogP contribution in [0.5, 0.6) is 0 Å². The molecular weight excluding hydrogens is 762 g/mol. The average Bonchev–Trinajstić information content (AvgIpc) is 3.03. The highest BCUT2D eigenvalue weighted by Gasteiger charge is 2.36. The van der Waals surface area contributed by atoms with Gasteiger partial charge in [-0.15, -0.1) is 0 Å². The lowest BCUT2D eigenvalue weighted by Gasteiger charge is -2.26. The second-order valence-electron chi connectivity index (χ2n) is 11.5. The minimum absolute atomic E-state index is 0.0324. The van der Waals surface area contributed by atoms with Crippen molar-refractivity contribution in [3.05, 3.63) is 48.4 Å². The molecule has 0 aromatic heterocycles. The summed E-state index contributed by atoms with van der Waals surface area (Å²) in [6.45, 7) is 20.1. The van der Waals surface area contributed by atoms with Crippen molar-refractivity contribution in [3.63, 3.8) is 0 Å². The van der Waals surface area contributed by atoms with Crippen molar-refractivity contribution in [2.75, 3.05) is 32.2 Å². The topological polar surface area (TPSA) is 297 Å². The Morgan fingerprint density at radius 2 is 1.15 bits per heavy atom. The van der Waals surface area contributed by atoms with Crippen LogP contribution < -0.4 is 5.32 Å². The largest absolute Gasteiger partial charge is 0.481 e. The van der Waals surface area contributed by atoms with Crippen molar-refractivity contribution < 1.29 is 83.6 Å². The van der Waals surface area contributed by atoms with Gasteiger partial charge in [0.25, 0.3) is 20.2 Å².